The molecule has 3 fully saturated rings. The molecule has 0 aromatic heterocycles. The Bertz CT molecular complexity index is 1250. The molecular formula is C32H42FN5O5. The number of likely N-dealkylation sites (tertiary alicyclic amines) is 1. The average Bonchev–Trinajstić information content (AvgIpc) is 3.48. The number of nitrogens with zero attached hydrogens (tertiary/aromatic N) is 3. The molecule has 1 aliphatic carbocycles. The first-order valence-electron chi connectivity index (χ1n) is 15.2. The number of halogens is 1. The van der Waals surface area contributed by atoms with E-state index in [0.717, 1.165) is 38.8 Å². The van der Waals surface area contributed by atoms with E-state index in [4.69, 9.17) is 15.2 Å². The summed E-state index contributed by atoms with van der Waals surface area (Å²) in [6.45, 7) is 4.11. The number of hydrogen-bond acceptors (Lipinski definition) is 7. The number of ether oxygens (including phenoxy) is 2. The fourth-order valence-electron chi connectivity index (χ4n) is 6.26. The molecule has 2 atom stereocenters. The summed E-state index contributed by atoms with van der Waals surface area (Å²) in [6, 6.07) is 11.3. The van der Waals surface area contributed by atoms with Crippen molar-refractivity contribution in [1.29, 1.82) is 0 Å². The van der Waals surface area contributed by atoms with Gasteiger partial charge in [-0.15, -0.1) is 0 Å². The molecule has 2 aromatic rings. The van der Waals surface area contributed by atoms with E-state index in [1.165, 1.54) is 24.3 Å². The molecule has 0 bridgehead atoms. The van der Waals surface area contributed by atoms with Crippen LogP contribution in [0.1, 0.15) is 52.8 Å². The van der Waals surface area contributed by atoms with Crippen LogP contribution < -0.4 is 15.8 Å². The molecule has 1 saturated carbocycles. The van der Waals surface area contributed by atoms with Gasteiger partial charge in [-0.1, -0.05) is 0 Å². The Balaban J connectivity index is 1.40. The molecule has 3 aliphatic rings. The highest BCUT2D eigenvalue weighted by atomic mass is 19.1. The maximum Gasteiger partial charge on any atom is 0.254 e. The van der Waals surface area contributed by atoms with Crippen LogP contribution in [0.4, 0.5) is 4.39 Å². The molecule has 43 heavy (non-hydrogen) atoms. The highest BCUT2D eigenvalue weighted by molar-refractivity contribution is 5.99. The highest BCUT2D eigenvalue weighted by Gasteiger charge is 2.44. The van der Waals surface area contributed by atoms with E-state index in [1.54, 1.807) is 41.2 Å². The largest absolute Gasteiger partial charge is 0.497 e. The van der Waals surface area contributed by atoms with Crippen LogP contribution in [-0.2, 0) is 9.53 Å². The molecule has 2 aliphatic heterocycles. The van der Waals surface area contributed by atoms with Gasteiger partial charge >= 0.3 is 0 Å². The molecule has 5 rings (SSSR count). The minimum atomic E-state index is -0.771. The zero-order valence-corrected chi connectivity index (χ0v) is 24.8. The highest BCUT2D eigenvalue weighted by Crippen LogP contribution is 2.28. The van der Waals surface area contributed by atoms with Crippen LogP contribution in [0, 0.1) is 5.82 Å². The lowest BCUT2D eigenvalue weighted by atomic mass is 9.91. The first kappa shape index (κ1) is 30.9. The van der Waals surface area contributed by atoms with Crippen LogP contribution in [0.25, 0.3) is 0 Å². The van der Waals surface area contributed by atoms with Gasteiger partial charge in [0, 0.05) is 55.9 Å². The zero-order chi connectivity index (χ0) is 30.3. The monoisotopic (exact) mass is 595 g/mol. The van der Waals surface area contributed by atoms with E-state index in [9.17, 15) is 18.8 Å². The third-order valence-corrected chi connectivity index (χ3v) is 8.85. The quantitative estimate of drug-likeness (QED) is 0.457. The van der Waals surface area contributed by atoms with Crippen LogP contribution in [-0.4, -0.2) is 110 Å². The smallest absolute Gasteiger partial charge is 0.254 e. The maximum absolute atomic E-state index is 14.0. The number of nitrogens with one attached hydrogen (secondary N) is 1. The second kappa shape index (κ2) is 14.3. The summed E-state index contributed by atoms with van der Waals surface area (Å²) in [4.78, 5) is 47.1. The van der Waals surface area contributed by atoms with Crippen molar-refractivity contribution < 1.29 is 28.2 Å². The molecule has 2 aromatic carbocycles. The van der Waals surface area contributed by atoms with E-state index >= 15 is 0 Å². The normalized spacial score (nSPS) is 24.4. The van der Waals surface area contributed by atoms with Crippen molar-refractivity contribution in [3.05, 3.63) is 65.5 Å². The van der Waals surface area contributed by atoms with Crippen molar-refractivity contribution in [2.45, 2.75) is 56.3 Å². The molecule has 2 saturated heterocycles. The number of nitrogens with two attached hydrogens (primary N) is 1. The lowest BCUT2D eigenvalue weighted by molar-refractivity contribution is -0.125. The molecule has 2 heterocycles. The number of methoxy groups -OCH3 is 1. The molecule has 3 amide bonds. The number of morpholine rings is 1. The zero-order valence-electron chi connectivity index (χ0n) is 24.8. The van der Waals surface area contributed by atoms with Crippen LogP contribution in [0.3, 0.4) is 0 Å². The van der Waals surface area contributed by atoms with E-state index in [-0.39, 0.29) is 36.3 Å². The SMILES string of the molecule is COc1ccc(C(=O)N(CCN2CCOCC2)C2CC(C(=O)NC3CCC(N)CC3)N(C(=O)c3ccc(F)cc3)C2)cc1. The third kappa shape index (κ3) is 7.70. The van der Waals surface area contributed by atoms with Crippen molar-refractivity contribution in [2.24, 2.45) is 5.73 Å². The number of benzene rings is 2. The summed E-state index contributed by atoms with van der Waals surface area (Å²) in [7, 11) is 1.57. The van der Waals surface area contributed by atoms with Gasteiger partial charge in [-0.05, 0) is 80.6 Å². The number of amides is 3. The Morgan fingerprint density at radius 2 is 1.65 bits per heavy atom. The van der Waals surface area contributed by atoms with Crippen LogP contribution in [0.2, 0.25) is 0 Å². The summed E-state index contributed by atoms with van der Waals surface area (Å²) < 4.78 is 24.4. The Morgan fingerprint density at radius 1 is 1.00 bits per heavy atom. The summed E-state index contributed by atoms with van der Waals surface area (Å²) in [5.74, 6) is -0.562. The van der Waals surface area contributed by atoms with Crippen molar-refractivity contribution in [2.75, 3.05) is 53.0 Å². The van der Waals surface area contributed by atoms with Gasteiger partial charge in [-0.25, -0.2) is 4.39 Å². The molecule has 0 spiro atoms. The standard InChI is InChI=1S/C32H42FN5O5/c1-42-28-12-4-23(5-13-28)31(40)37(15-14-36-16-18-43-19-17-36)27-20-29(30(39)35-26-10-8-25(34)9-11-26)38(21-27)32(41)22-2-6-24(33)7-3-22/h2-7,12-13,25-27,29H,8-11,14-21,34H2,1H3,(H,35,39). The third-order valence-electron chi connectivity index (χ3n) is 8.85. The van der Waals surface area contributed by atoms with Gasteiger partial charge < -0.3 is 30.3 Å². The van der Waals surface area contributed by atoms with E-state index in [1.807, 2.05) is 0 Å². The molecule has 3 N–H and O–H groups in total. The minimum Gasteiger partial charge on any atom is -0.497 e. The van der Waals surface area contributed by atoms with Gasteiger partial charge in [0.15, 0.2) is 0 Å². The Kier molecular flexibility index (Phi) is 10.3. The first-order chi connectivity index (χ1) is 20.8. The van der Waals surface area contributed by atoms with Gasteiger partial charge in [0.1, 0.15) is 17.6 Å². The Morgan fingerprint density at radius 3 is 2.30 bits per heavy atom. The Labute approximate surface area is 252 Å². The number of carbonyl (C=O) groups excluding carboxylic acids is 3. The molecule has 232 valence electrons. The molecule has 0 radical (unpaired) electrons. The van der Waals surface area contributed by atoms with Crippen LogP contribution in [0.5, 0.6) is 5.75 Å². The molecule has 2 unspecified atom stereocenters. The summed E-state index contributed by atoms with van der Waals surface area (Å²) in [5, 5.41) is 3.16. The predicted octanol–water partition coefficient (Wildman–Crippen LogP) is 2.28. The number of carbonyl (C=O) groups is 3. The lowest BCUT2D eigenvalue weighted by Crippen LogP contribution is -2.50. The number of rotatable bonds is 9. The van der Waals surface area contributed by atoms with Crippen molar-refractivity contribution in [1.82, 2.24) is 20.0 Å². The van der Waals surface area contributed by atoms with Crippen molar-refractivity contribution in [3.8, 4) is 5.75 Å². The first-order valence-corrected chi connectivity index (χ1v) is 15.2. The molecule has 10 nitrogen and oxygen atoms in total. The van der Waals surface area contributed by atoms with E-state index in [2.05, 4.69) is 10.2 Å². The van der Waals surface area contributed by atoms with Crippen LogP contribution >= 0.6 is 0 Å². The van der Waals surface area contributed by atoms with E-state index in [0.29, 0.717) is 49.6 Å². The summed E-state index contributed by atoms with van der Waals surface area (Å²) in [5.41, 5.74) is 6.87. The van der Waals surface area contributed by atoms with Gasteiger partial charge in [-0.2, -0.15) is 0 Å². The van der Waals surface area contributed by atoms with Crippen molar-refractivity contribution in [3.63, 3.8) is 0 Å². The predicted molar refractivity (Wildman–Crippen MR) is 159 cm³/mol. The van der Waals surface area contributed by atoms with Crippen LogP contribution in [0.15, 0.2) is 48.5 Å². The fraction of sp³-hybridized carbons (Fsp3) is 0.531. The van der Waals surface area contributed by atoms with Gasteiger partial charge in [0.2, 0.25) is 5.91 Å². The number of hydrogen-bond donors (Lipinski definition) is 2. The summed E-state index contributed by atoms with van der Waals surface area (Å²) in [6.07, 6.45) is 3.55. The summed E-state index contributed by atoms with van der Waals surface area (Å²) >= 11 is 0. The maximum atomic E-state index is 14.0. The van der Waals surface area contributed by atoms with E-state index < -0.39 is 17.9 Å². The topological polar surface area (TPSA) is 117 Å². The Hall–Kier alpha value is -3.54. The minimum absolute atomic E-state index is 0.00697. The second-order valence-electron chi connectivity index (χ2n) is 11.7. The van der Waals surface area contributed by atoms with Gasteiger partial charge in [0.25, 0.3) is 11.8 Å². The second-order valence-corrected chi connectivity index (χ2v) is 11.7. The molecule has 11 heteroatoms. The fourth-order valence-corrected chi connectivity index (χ4v) is 6.26. The van der Waals surface area contributed by atoms with Crippen molar-refractivity contribution >= 4 is 17.7 Å². The van der Waals surface area contributed by atoms with Gasteiger partial charge in [0.05, 0.1) is 26.4 Å². The lowest BCUT2D eigenvalue weighted by Gasteiger charge is -2.33. The molecular weight excluding hydrogens is 553 g/mol. The average molecular weight is 596 g/mol. The van der Waals surface area contributed by atoms with Gasteiger partial charge in [-0.3, -0.25) is 19.3 Å².